The lowest BCUT2D eigenvalue weighted by Gasteiger charge is -2.08. The summed E-state index contributed by atoms with van der Waals surface area (Å²) in [6.07, 6.45) is 1.51. The van der Waals surface area contributed by atoms with Crippen LogP contribution in [0.5, 0.6) is 0 Å². The van der Waals surface area contributed by atoms with E-state index in [0.717, 1.165) is 11.1 Å². The molecule has 0 bridgehead atoms. The first-order valence-corrected chi connectivity index (χ1v) is 7.02. The molecular formula is C18H15FN2O. The lowest BCUT2D eigenvalue weighted by molar-refractivity contribution is 0.582. The van der Waals surface area contributed by atoms with Crippen molar-refractivity contribution in [1.29, 1.82) is 0 Å². The molecule has 0 aliphatic rings. The molecule has 0 amide bonds. The van der Waals surface area contributed by atoms with Gasteiger partial charge in [0.2, 0.25) is 0 Å². The number of hydrogen-bond donors (Lipinski definition) is 0. The summed E-state index contributed by atoms with van der Waals surface area (Å²) >= 11 is 0. The van der Waals surface area contributed by atoms with Crippen molar-refractivity contribution in [3.05, 3.63) is 93.9 Å². The van der Waals surface area contributed by atoms with Gasteiger partial charge in [-0.25, -0.2) is 9.18 Å². The van der Waals surface area contributed by atoms with Gasteiger partial charge in [0, 0.05) is 6.42 Å². The van der Waals surface area contributed by atoms with Gasteiger partial charge in [0.1, 0.15) is 0 Å². The second kappa shape index (κ2) is 5.93. The number of halogens is 1. The van der Waals surface area contributed by atoms with Gasteiger partial charge in [-0.05, 0) is 24.6 Å². The molecule has 0 N–H and O–H groups in total. The molecule has 110 valence electrons. The molecule has 0 aliphatic carbocycles. The standard InChI is InChI=1S/C18H15FN2O/c1-13-7-9-15(10-8-13)21-12-16(19)17(20-18(21)22)11-14-5-3-2-4-6-14/h2-10,12H,11H2,1H3. The highest BCUT2D eigenvalue weighted by molar-refractivity contribution is 5.34. The second-order valence-electron chi connectivity index (χ2n) is 5.19. The quantitative estimate of drug-likeness (QED) is 0.743. The zero-order valence-corrected chi connectivity index (χ0v) is 12.2. The predicted molar refractivity (Wildman–Crippen MR) is 83.8 cm³/mol. The van der Waals surface area contributed by atoms with E-state index in [1.54, 1.807) is 12.1 Å². The highest BCUT2D eigenvalue weighted by atomic mass is 19.1. The summed E-state index contributed by atoms with van der Waals surface area (Å²) in [4.78, 5) is 16.1. The van der Waals surface area contributed by atoms with Crippen LogP contribution < -0.4 is 5.69 Å². The van der Waals surface area contributed by atoms with Gasteiger partial charge in [0.15, 0.2) is 5.82 Å². The lowest BCUT2D eigenvalue weighted by Crippen LogP contribution is -2.23. The second-order valence-corrected chi connectivity index (χ2v) is 5.19. The van der Waals surface area contributed by atoms with Crippen LogP contribution in [-0.4, -0.2) is 9.55 Å². The molecule has 0 atom stereocenters. The largest absolute Gasteiger partial charge is 0.352 e. The summed E-state index contributed by atoms with van der Waals surface area (Å²) in [5, 5.41) is 0. The summed E-state index contributed by atoms with van der Waals surface area (Å²) in [5.74, 6) is -0.482. The van der Waals surface area contributed by atoms with Gasteiger partial charge < -0.3 is 0 Å². The molecule has 3 nitrogen and oxygen atoms in total. The van der Waals surface area contributed by atoms with Gasteiger partial charge in [0.25, 0.3) is 0 Å². The molecule has 2 aromatic carbocycles. The Morgan fingerprint density at radius 1 is 1.05 bits per heavy atom. The van der Waals surface area contributed by atoms with E-state index in [1.165, 1.54) is 10.8 Å². The van der Waals surface area contributed by atoms with E-state index in [2.05, 4.69) is 4.98 Å². The fourth-order valence-electron chi connectivity index (χ4n) is 2.27. The monoisotopic (exact) mass is 294 g/mol. The van der Waals surface area contributed by atoms with Crippen LogP contribution in [0, 0.1) is 12.7 Å². The van der Waals surface area contributed by atoms with Crippen LogP contribution in [0.25, 0.3) is 5.69 Å². The van der Waals surface area contributed by atoms with E-state index in [4.69, 9.17) is 0 Å². The maximum atomic E-state index is 14.3. The third-order valence-electron chi connectivity index (χ3n) is 3.48. The van der Waals surface area contributed by atoms with Crippen LogP contribution in [-0.2, 0) is 6.42 Å². The molecule has 0 spiro atoms. The van der Waals surface area contributed by atoms with E-state index in [9.17, 15) is 9.18 Å². The lowest BCUT2D eigenvalue weighted by atomic mass is 10.1. The number of nitrogens with zero attached hydrogens (tertiary/aromatic N) is 2. The van der Waals surface area contributed by atoms with Crippen molar-refractivity contribution >= 4 is 0 Å². The Morgan fingerprint density at radius 2 is 1.73 bits per heavy atom. The van der Waals surface area contributed by atoms with Crippen molar-refractivity contribution < 1.29 is 4.39 Å². The Morgan fingerprint density at radius 3 is 2.41 bits per heavy atom. The summed E-state index contributed by atoms with van der Waals surface area (Å²) < 4.78 is 15.5. The van der Waals surface area contributed by atoms with E-state index < -0.39 is 11.5 Å². The summed E-state index contributed by atoms with van der Waals surface area (Å²) in [6.45, 7) is 1.95. The Bertz CT molecular complexity index is 839. The average Bonchev–Trinajstić information content (AvgIpc) is 2.53. The minimum atomic E-state index is -0.482. The molecule has 0 saturated carbocycles. The molecule has 0 fully saturated rings. The van der Waals surface area contributed by atoms with Crippen molar-refractivity contribution in [2.75, 3.05) is 0 Å². The highest BCUT2D eigenvalue weighted by Crippen LogP contribution is 2.12. The van der Waals surface area contributed by atoms with Gasteiger partial charge in [-0.2, -0.15) is 4.98 Å². The van der Waals surface area contributed by atoms with Crippen LogP contribution in [0.3, 0.4) is 0 Å². The molecular weight excluding hydrogens is 279 g/mol. The van der Waals surface area contributed by atoms with Gasteiger partial charge in [-0.1, -0.05) is 48.0 Å². The molecule has 0 saturated heterocycles. The van der Waals surface area contributed by atoms with Crippen LogP contribution >= 0.6 is 0 Å². The zero-order valence-electron chi connectivity index (χ0n) is 12.2. The predicted octanol–water partition coefficient (Wildman–Crippen LogP) is 3.27. The van der Waals surface area contributed by atoms with Crippen LogP contribution in [0.4, 0.5) is 4.39 Å². The SMILES string of the molecule is Cc1ccc(-n2cc(F)c(Cc3ccccc3)nc2=O)cc1. The number of aryl methyl sites for hydroxylation is 1. The number of aromatic nitrogens is 2. The number of benzene rings is 2. The molecule has 0 unspecified atom stereocenters. The average molecular weight is 294 g/mol. The Hall–Kier alpha value is -2.75. The van der Waals surface area contributed by atoms with E-state index >= 15 is 0 Å². The Kier molecular flexibility index (Phi) is 3.83. The van der Waals surface area contributed by atoms with Gasteiger partial charge in [-0.15, -0.1) is 0 Å². The minimum absolute atomic E-state index is 0.166. The highest BCUT2D eigenvalue weighted by Gasteiger charge is 2.10. The van der Waals surface area contributed by atoms with Crippen molar-refractivity contribution in [2.45, 2.75) is 13.3 Å². The molecule has 22 heavy (non-hydrogen) atoms. The van der Waals surface area contributed by atoms with Crippen molar-refractivity contribution in [3.8, 4) is 5.69 Å². The van der Waals surface area contributed by atoms with E-state index in [1.807, 2.05) is 49.4 Å². The summed E-state index contributed by atoms with van der Waals surface area (Å²) in [6, 6.07) is 16.7. The zero-order chi connectivity index (χ0) is 15.5. The first-order chi connectivity index (χ1) is 10.6. The molecule has 0 radical (unpaired) electrons. The number of hydrogen-bond acceptors (Lipinski definition) is 2. The fourth-order valence-corrected chi connectivity index (χ4v) is 2.27. The molecule has 0 aliphatic heterocycles. The Labute approximate surface area is 127 Å². The third kappa shape index (κ3) is 2.96. The summed E-state index contributed by atoms with van der Waals surface area (Å²) in [5.41, 5.74) is 2.29. The van der Waals surface area contributed by atoms with Crippen LogP contribution in [0.2, 0.25) is 0 Å². The third-order valence-corrected chi connectivity index (χ3v) is 3.48. The maximum Gasteiger partial charge on any atom is 0.352 e. The van der Waals surface area contributed by atoms with Gasteiger partial charge in [0.05, 0.1) is 17.6 Å². The number of rotatable bonds is 3. The molecule has 1 aromatic heterocycles. The van der Waals surface area contributed by atoms with Crippen LogP contribution in [0.15, 0.2) is 65.6 Å². The topological polar surface area (TPSA) is 34.9 Å². The Balaban J connectivity index is 1.98. The molecule has 4 heteroatoms. The van der Waals surface area contributed by atoms with Crippen molar-refractivity contribution in [1.82, 2.24) is 9.55 Å². The van der Waals surface area contributed by atoms with Gasteiger partial charge >= 0.3 is 5.69 Å². The smallest absolute Gasteiger partial charge is 0.265 e. The van der Waals surface area contributed by atoms with Crippen LogP contribution in [0.1, 0.15) is 16.8 Å². The minimum Gasteiger partial charge on any atom is -0.265 e. The normalized spacial score (nSPS) is 10.6. The molecule has 1 heterocycles. The van der Waals surface area contributed by atoms with E-state index in [-0.39, 0.29) is 5.69 Å². The molecule has 3 rings (SSSR count). The maximum absolute atomic E-state index is 14.3. The summed E-state index contributed by atoms with van der Waals surface area (Å²) in [7, 11) is 0. The van der Waals surface area contributed by atoms with Gasteiger partial charge in [-0.3, -0.25) is 4.57 Å². The van der Waals surface area contributed by atoms with E-state index in [0.29, 0.717) is 12.1 Å². The first-order valence-electron chi connectivity index (χ1n) is 7.02. The fraction of sp³-hybridized carbons (Fsp3) is 0.111. The van der Waals surface area contributed by atoms with Crippen molar-refractivity contribution in [2.24, 2.45) is 0 Å². The van der Waals surface area contributed by atoms with Crippen molar-refractivity contribution in [3.63, 3.8) is 0 Å². The molecule has 3 aromatic rings. The first kappa shape index (κ1) is 14.2.